The number of aryl methyl sites for hydroxylation is 1. The van der Waals surface area contributed by atoms with Gasteiger partial charge in [-0.25, -0.2) is 0 Å². The van der Waals surface area contributed by atoms with Crippen LogP contribution >= 0.6 is 0 Å². The smallest absolute Gasteiger partial charge is 0 e. The first kappa shape index (κ1) is 29.3. The fourth-order valence-corrected chi connectivity index (χ4v) is 0.849. The molecule has 0 atom stereocenters. The van der Waals surface area contributed by atoms with E-state index in [1.165, 1.54) is 5.56 Å². The zero-order valence-corrected chi connectivity index (χ0v) is 13.7. The molecule has 2 heteroatoms. The van der Waals surface area contributed by atoms with E-state index >= 15 is 0 Å². The Morgan fingerprint density at radius 3 is 1.71 bits per heavy atom. The van der Waals surface area contributed by atoms with Crippen LogP contribution in [0, 0.1) is 29.2 Å². The van der Waals surface area contributed by atoms with Gasteiger partial charge in [0.15, 0.2) is 0 Å². The van der Waals surface area contributed by atoms with E-state index in [9.17, 15) is 0 Å². The molecule has 0 aliphatic carbocycles. The summed E-state index contributed by atoms with van der Waals surface area (Å²) in [6, 6.07) is 10.4. The maximum absolute atomic E-state index is 3.78. The Labute approximate surface area is 117 Å². The Morgan fingerprint density at radius 1 is 0.929 bits per heavy atom. The second-order valence-corrected chi connectivity index (χ2v) is 2.09. The Balaban J connectivity index is -0.0000000540. The number of hydrogen-bond acceptors (Lipinski definition) is 0. The predicted octanol–water partition coefficient (Wildman–Crippen LogP) is 3.80. The monoisotopic (exact) mass is 399 g/mol. The zero-order chi connectivity index (χ0) is 6.53. The van der Waals surface area contributed by atoms with E-state index in [0.29, 0.717) is 0 Å². The van der Waals surface area contributed by atoms with Gasteiger partial charge in [0.05, 0.1) is 0 Å². The van der Waals surface area contributed by atoms with Gasteiger partial charge in [0.1, 0.15) is 0 Å². The Morgan fingerprint density at radius 2 is 1.36 bits per heavy atom. The molecule has 0 amide bonds. The molecule has 0 nitrogen and oxygen atoms in total. The minimum Gasteiger partial charge on any atom is -0.358 e. The van der Waals surface area contributed by atoms with Crippen molar-refractivity contribution in [2.24, 2.45) is 0 Å². The van der Waals surface area contributed by atoms with Crippen LogP contribution in [0.15, 0.2) is 30.3 Å². The van der Waals surface area contributed by atoms with Crippen molar-refractivity contribution in [1.82, 2.24) is 0 Å². The maximum atomic E-state index is 3.78. The molecule has 0 bridgehead atoms. The molecule has 0 aromatic heterocycles. The summed E-state index contributed by atoms with van der Waals surface area (Å²) < 4.78 is 0. The zero-order valence-electron chi connectivity index (χ0n) is 9.36. The van der Waals surface area contributed by atoms with E-state index in [2.05, 4.69) is 31.2 Å². The van der Waals surface area contributed by atoms with Crippen LogP contribution in [-0.2, 0) is 46.0 Å². The van der Waals surface area contributed by atoms with Gasteiger partial charge in [0.25, 0.3) is 0 Å². The molecule has 1 aromatic rings. The molecular weight excluding hydrogens is 379 g/mol. The summed E-state index contributed by atoms with van der Waals surface area (Å²) in [5, 5.41) is 0. The quantitative estimate of drug-likeness (QED) is 0.664. The van der Waals surface area contributed by atoms with Crippen LogP contribution in [0.3, 0.4) is 0 Å². The third kappa shape index (κ3) is 12.5. The fraction of sp³-hybridized carbons (Fsp3) is 0.167. The molecule has 0 spiro atoms. The van der Waals surface area contributed by atoms with E-state index in [4.69, 9.17) is 0 Å². The van der Waals surface area contributed by atoms with Crippen LogP contribution in [0.4, 0.5) is 0 Å². The first-order valence-corrected chi connectivity index (χ1v) is 3.26. The minimum absolute atomic E-state index is 0. The van der Waals surface area contributed by atoms with Crippen LogP contribution in [-0.4, -0.2) is 0 Å². The summed E-state index contributed by atoms with van der Waals surface area (Å²) in [7, 11) is 0. The van der Waals surface area contributed by atoms with Gasteiger partial charge in [-0.1, -0.05) is 42.3 Å². The van der Waals surface area contributed by atoms with Gasteiger partial charge in [0, 0.05) is 39.6 Å². The Kier molecular flexibility index (Phi) is 40.0. The molecule has 0 saturated carbocycles. The van der Waals surface area contributed by atoms with Crippen LogP contribution in [0.1, 0.15) is 12.0 Å². The van der Waals surface area contributed by atoms with Gasteiger partial charge < -0.3 is 29.2 Å². The molecular formula is C12H20VW-4. The molecule has 0 saturated heterocycles. The standard InChI is InChI=1S/C9H11.3CH3.V.W/c1-2-6-9-7-4-3-5-8-9;;;;;/h3-5,7-8H,1-2,6H2;3*1H3;;/q4*-1;;. The summed E-state index contributed by atoms with van der Waals surface area (Å²) in [5.41, 5.74) is 1.38. The summed E-state index contributed by atoms with van der Waals surface area (Å²) >= 11 is 0. The molecule has 83 valence electrons. The molecule has 0 fully saturated rings. The van der Waals surface area contributed by atoms with E-state index in [1.54, 1.807) is 0 Å². The molecule has 1 radical (unpaired) electrons. The van der Waals surface area contributed by atoms with E-state index in [0.717, 1.165) is 12.8 Å². The summed E-state index contributed by atoms with van der Waals surface area (Å²) in [6.07, 6.45) is 2.09. The summed E-state index contributed by atoms with van der Waals surface area (Å²) in [5.74, 6) is 0. The third-order valence-electron chi connectivity index (χ3n) is 1.31. The molecule has 0 N–H and O–H groups in total. The van der Waals surface area contributed by atoms with Crippen LogP contribution < -0.4 is 0 Å². The number of hydrogen-bond donors (Lipinski definition) is 0. The normalized spacial score (nSPS) is 6.07. The van der Waals surface area contributed by atoms with Gasteiger partial charge >= 0.3 is 0 Å². The SMILES string of the molecule is [CH2-]CCc1ccccc1.[CH3-].[CH3-].[CH3-].[V].[W]. The van der Waals surface area contributed by atoms with Gasteiger partial charge in [-0.2, -0.15) is 6.42 Å². The molecule has 1 rings (SSSR count). The van der Waals surface area contributed by atoms with Gasteiger partial charge in [-0.15, -0.1) is 0 Å². The topological polar surface area (TPSA) is 0 Å². The molecule has 0 unspecified atom stereocenters. The van der Waals surface area contributed by atoms with Crippen molar-refractivity contribution in [1.29, 1.82) is 0 Å². The molecule has 1 aromatic carbocycles. The third-order valence-corrected chi connectivity index (χ3v) is 1.31. The van der Waals surface area contributed by atoms with Gasteiger partial charge in [-0.05, 0) is 0 Å². The van der Waals surface area contributed by atoms with E-state index in [1.807, 2.05) is 6.07 Å². The Hall–Kier alpha value is 0.493. The summed E-state index contributed by atoms with van der Waals surface area (Å²) in [4.78, 5) is 0. The Bertz CT molecular complexity index is 163. The molecule has 14 heavy (non-hydrogen) atoms. The van der Waals surface area contributed by atoms with Crippen molar-refractivity contribution in [3.8, 4) is 0 Å². The first-order valence-electron chi connectivity index (χ1n) is 3.26. The van der Waals surface area contributed by atoms with Crippen LogP contribution in [0.2, 0.25) is 0 Å². The van der Waals surface area contributed by atoms with E-state index in [-0.39, 0.29) is 61.9 Å². The van der Waals surface area contributed by atoms with Crippen molar-refractivity contribution in [2.45, 2.75) is 12.8 Å². The number of benzene rings is 1. The largest absolute Gasteiger partial charge is 0.358 e. The molecule has 0 aliphatic rings. The maximum Gasteiger partial charge on any atom is 0 e. The average Bonchev–Trinajstić information content (AvgIpc) is 1.91. The van der Waals surface area contributed by atoms with Gasteiger partial charge in [0.2, 0.25) is 0 Å². The average molecular weight is 399 g/mol. The van der Waals surface area contributed by atoms with Crippen molar-refractivity contribution >= 4 is 0 Å². The van der Waals surface area contributed by atoms with Crippen molar-refractivity contribution in [3.05, 3.63) is 65.1 Å². The van der Waals surface area contributed by atoms with Crippen LogP contribution in [0.25, 0.3) is 0 Å². The number of rotatable bonds is 2. The second kappa shape index (κ2) is 19.1. The van der Waals surface area contributed by atoms with E-state index < -0.39 is 0 Å². The van der Waals surface area contributed by atoms with Crippen LogP contribution in [0.5, 0.6) is 0 Å². The predicted molar refractivity (Wildman–Crippen MR) is 59.4 cm³/mol. The van der Waals surface area contributed by atoms with Gasteiger partial charge in [-0.3, -0.25) is 0 Å². The fourth-order valence-electron chi connectivity index (χ4n) is 0.849. The molecule has 0 aliphatic heterocycles. The molecule has 0 heterocycles. The van der Waals surface area contributed by atoms with Crippen molar-refractivity contribution < 1.29 is 39.6 Å². The summed E-state index contributed by atoms with van der Waals surface area (Å²) in [6.45, 7) is 3.78. The van der Waals surface area contributed by atoms with Crippen molar-refractivity contribution in [2.75, 3.05) is 0 Å². The van der Waals surface area contributed by atoms with Crippen molar-refractivity contribution in [3.63, 3.8) is 0 Å². The second-order valence-electron chi connectivity index (χ2n) is 2.09. The first-order chi connectivity index (χ1) is 4.43. The minimum atomic E-state index is 0.